The molecule has 0 radical (unpaired) electrons. The van der Waals surface area contributed by atoms with Crippen LogP contribution in [0, 0.1) is 10.8 Å². The number of phenolic OH excluding ortho intramolecular Hbond substituents is 1. The molecule has 1 aromatic heterocycles. The van der Waals surface area contributed by atoms with Gasteiger partial charge < -0.3 is 15.1 Å². The minimum absolute atomic E-state index is 0.124. The van der Waals surface area contributed by atoms with Gasteiger partial charge in [0.15, 0.2) is 9.84 Å². The summed E-state index contributed by atoms with van der Waals surface area (Å²) in [4.78, 5) is 17.2. The van der Waals surface area contributed by atoms with Crippen molar-refractivity contribution >= 4 is 27.1 Å². The fourth-order valence-corrected chi connectivity index (χ4v) is 8.24. The molecule has 1 fully saturated rings. The first-order valence-corrected chi connectivity index (χ1v) is 16.7. The fourth-order valence-electron chi connectivity index (χ4n) is 6.96. The quantitative estimate of drug-likeness (QED) is 0.376. The lowest BCUT2D eigenvalue weighted by atomic mass is 9.58. The second kappa shape index (κ2) is 11.2. The number of aromatic nitrogens is 4. The van der Waals surface area contributed by atoms with E-state index in [1.54, 1.807) is 24.3 Å². The molecule has 1 atom stereocenters. The van der Waals surface area contributed by atoms with E-state index in [-0.39, 0.29) is 33.6 Å². The molecule has 12 heteroatoms. The van der Waals surface area contributed by atoms with Crippen molar-refractivity contribution in [2.75, 3.05) is 49.1 Å². The molecular weight excluding hydrogens is 580 g/mol. The topological polar surface area (TPSA) is 142 Å². The summed E-state index contributed by atoms with van der Waals surface area (Å²) in [5.41, 5.74) is 5.05. The van der Waals surface area contributed by atoms with Gasteiger partial charge in [-0.1, -0.05) is 50.6 Å². The lowest BCUT2D eigenvalue weighted by molar-refractivity contribution is 0.0697. The molecular formula is C32H38N6O5S. The highest BCUT2D eigenvalue weighted by Crippen LogP contribution is 2.55. The van der Waals surface area contributed by atoms with Crippen molar-refractivity contribution in [3.63, 3.8) is 0 Å². The van der Waals surface area contributed by atoms with Crippen molar-refractivity contribution in [2.24, 2.45) is 10.8 Å². The summed E-state index contributed by atoms with van der Waals surface area (Å²) in [6.07, 6.45) is 5.42. The molecule has 0 spiro atoms. The molecule has 3 heterocycles. The van der Waals surface area contributed by atoms with E-state index < -0.39 is 15.8 Å². The number of allylic oxidation sites excluding steroid dienone is 2. The van der Waals surface area contributed by atoms with E-state index in [0.29, 0.717) is 44.1 Å². The van der Waals surface area contributed by atoms with Gasteiger partial charge in [0.25, 0.3) is 0 Å². The average Bonchev–Trinajstić information content (AvgIpc) is 3.45. The molecule has 3 aliphatic rings. The lowest BCUT2D eigenvalue weighted by Crippen LogP contribution is -2.47. The number of carboxylic acid groups (broad SMARTS) is 1. The van der Waals surface area contributed by atoms with E-state index in [1.165, 1.54) is 15.9 Å². The number of tetrazole rings is 1. The number of aromatic hydroxyl groups is 1. The average molecular weight is 619 g/mol. The number of hydrogen-bond acceptors (Lipinski definition) is 9. The number of sulfone groups is 1. The lowest BCUT2D eigenvalue weighted by Gasteiger charge is -2.51. The van der Waals surface area contributed by atoms with Gasteiger partial charge >= 0.3 is 5.97 Å². The van der Waals surface area contributed by atoms with Crippen molar-refractivity contribution in [3.05, 3.63) is 71.3 Å². The van der Waals surface area contributed by atoms with E-state index in [4.69, 9.17) is 0 Å². The van der Waals surface area contributed by atoms with Gasteiger partial charge in [-0.3, -0.25) is 4.90 Å². The van der Waals surface area contributed by atoms with Crippen LogP contribution in [-0.2, 0) is 16.4 Å². The minimum atomic E-state index is -2.92. The maximum absolute atomic E-state index is 11.7. The Morgan fingerprint density at radius 2 is 1.70 bits per heavy atom. The Hall–Kier alpha value is -4.03. The zero-order valence-electron chi connectivity index (χ0n) is 25.3. The molecule has 2 N–H and O–H groups in total. The Morgan fingerprint density at radius 3 is 2.41 bits per heavy atom. The van der Waals surface area contributed by atoms with Gasteiger partial charge in [-0.05, 0) is 47.0 Å². The van der Waals surface area contributed by atoms with Gasteiger partial charge in [-0.2, -0.15) is 4.80 Å². The molecule has 0 bridgehead atoms. The zero-order chi connectivity index (χ0) is 31.3. The van der Waals surface area contributed by atoms with Crippen molar-refractivity contribution in [2.45, 2.75) is 33.7 Å². The predicted molar refractivity (Wildman–Crippen MR) is 168 cm³/mol. The summed E-state index contributed by atoms with van der Waals surface area (Å²) in [6.45, 7) is 10.3. The van der Waals surface area contributed by atoms with Crippen LogP contribution in [0.2, 0.25) is 0 Å². The Bertz CT molecular complexity index is 1750. The first-order valence-electron chi connectivity index (χ1n) is 14.9. The molecule has 0 amide bonds. The molecule has 2 aliphatic heterocycles. The number of carbonyl (C=O) groups is 1. The molecule has 2 aromatic carbocycles. The predicted octanol–water partition coefficient (Wildman–Crippen LogP) is 3.74. The maximum atomic E-state index is 11.7. The van der Waals surface area contributed by atoms with Crippen molar-refractivity contribution in [1.29, 1.82) is 0 Å². The van der Waals surface area contributed by atoms with Crippen molar-refractivity contribution < 1.29 is 23.4 Å². The second-order valence-corrected chi connectivity index (χ2v) is 15.1. The Balaban J connectivity index is 1.18. The molecule has 6 rings (SSSR count). The number of aromatic carboxylic acids is 1. The summed E-state index contributed by atoms with van der Waals surface area (Å²) in [7, 11) is -2.92. The summed E-state index contributed by atoms with van der Waals surface area (Å²) in [5.74, 6) is -0.0276. The first kappa shape index (κ1) is 30.0. The van der Waals surface area contributed by atoms with E-state index in [1.807, 2.05) is 18.2 Å². The number of hydrogen-bond donors (Lipinski definition) is 2. The number of benzene rings is 2. The van der Waals surface area contributed by atoms with E-state index in [2.05, 4.69) is 58.1 Å². The summed E-state index contributed by atoms with van der Waals surface area (Å²) >= 11 is 0. The molecule has 1 aliphatic carbocycles. The van der Waals surface area contributed by atoms with E-state index in [0.717, 1.165) is 24.2 Å². The number of anilines is 1. The molecule has 232 valence electrons. The molecule has 44 heavy (non-hydrogen) atoms. The van der Waals surface area contributed by atoms with Gasteiger partial charge in [0.05, 0.1) is 23.6 Å². The van der Waals surface area contributed by atoms with Gasteiger partial charge in [-0.15, -0.1) is 10.2 Å². The molecule has 0 unspecified atom stereocenters. The molecule has 0 saturated carbocycles. The molecule has 3 aromatic rings. The maximum Gasteiger partial charge on any atom is 0.335 e. The third kappa shape index (κ3) is 5.88. The SMILES string of the molecule is CC1(C)C(c2ccc(C(=O)O)cc2)=CC[C@]2(C)CN(c3cc(O)cc(-c4nnn(CCN5CCS(=O)(=O)CC5)n4)c3)CC=C12. The van der Waals surface area contributed by atoms with Crippen LogP contribution in [-0.4, -0.2) is 93.9 Å². The highest BCUT2D eigenvalue weighted by Gasteiger charge is 2.45. The van der Waals surface area contributed by atoms with E-state index >= 15 is 0 Å². The van der Waals surface area contributed by atoms with Gasteiger partial charge in [-0.25, -0.2) is 13.2 Å². The normalized spacial score (nSPS) is 23.0. The Kier molecular flexibility index (Phi) is 7.61. The number of nitrogens with zero attached hydrogens (tertiary/aromatic N) is 6. The number of rotatable bonds is 7. The third-order valence-corrected chi connectivity index (χ3v) is 10.9. The van der Waals surface area contributed by atoms with Crippen LogP contribution < -0.4 is 4.90 Å². The summed E-state index contributed by atoms with van der Waals surface area (Å²) < 4.78 is 23.4. The summed E-state index contributed by atoms with van der Waals surface area (Å²) in [6, 6.07) is 12.5. The Labute approximate surface area is 257 Å². The van der Waals surface area contributed by atoms with Gasteiger partial charge in [0.1, 0.15) is 5.75 Å². The molecule has 11 nitrogen and oxygen atoms in total. The first-order chi connectivity index (χ1) is 20.8. The fraction of sp³-hybridized carbons (Fsp3) is 0.438. The number of carboxylic acids is 1. The highest BCUT2D eigenvalue weighted by molar-refractivity contribution is 7.91. The highest BCUT2D eigenvalue weighted by atomic mass is 32.2. The van der Waals surface area contributed by atoms with Gasteiger partial charge in [0.2, 0.25) is 5.82 Å². The van der Waals surface area contributed by atoms with Crippen LogP contribution in [0.5, 0.6) is 5.75 Å². The third-order valence-electron chi connectivity index (χ3n) is 9.28. The Morgan fingerprint density at radius 1 is 0.977 bits per heavy atom. The van der Waals surface area contributed by atoms with Crippen LogP contribution in [0.1, 0.15) is 43.1 Å². The second-order valence-electron chi connectivity index (χ2n) is 12.8. The van der Waals surface area contributed by atoms with E-state index in [9.17, 15) is 23.4 Å². The van der Waals surface area contributed by atoms with Crippen molar-refractivity contribution in [1.82, 2.24) is 25.1 Å². The van der Waals surface area contributed by atoms with Crippen LogP contribution in [0.4, 0.5) is 5.69 Å². The van der Waals surface area contributed by atoms with Crippen LogP contribution >= 0.6 is 0 Å². The standard InChI is InChI=1S/C32H38N6O5S/c1-31(2)27(22-4-6-23(7-5-22)30(40)41)8-10-32(3)21-37(11-9-28(31)32)25-18-24(19-26(39)20-25)29-33-35-38(34-29)13-12-36-14-16-44(42,43)17-15-36/h4-9,18-20,39H,10-17,21H2,1-3H3,(H,40,41)/t32-/m1/s1. The van der Waals surface area contributed by atoms with Crippen LogP contribution in [0.15, 0.2) is 60.2 Å². The smallest absolute Gasteiger partial charge is 0.335 e. The number of phenols is 1. The van der Waals surface area contributed by atoms with Gasteiger partial charge in [0, 0.05) is 60.9 Å². The van der Waals surface area contributed by atoms with Crippen LogP contribution in [0.3, 0.4) is 0 Å². The van der Waals surface area contributed by atoms with Crippen molar-refractivity contribution in [3.8, 4) is 17.1 Å². The largest absolute Gasteiger partial charge is 0.508 e. The zero-order valence-corrected chi connectivity index (χ0v) is 26.1. The number of fused-ring (bicyclic) bond motifs is 1. The van der Waals surface area contributed by atoms with Crippen LogP contribution in [0.25, 0.3) is 17.0 Å². The molecule has 1 saturated heterocycles. The monoisotopic (exact) mass is 618 g/mol. The summed E-state index contributed by atoms with van der Waals surface area (Å²) in [5, 5.41) is 32.9. The minimum Gasteiger partial charge on any atom is -0.508 e.